The molecule has 0 N–H and O–H groups in total. The van der Waals surface area contributed by atoms with Crippen LogP contribution < -0.4 is 0 Å². The van der Waals surface area contributed by atoms with E-state index in [1.165, 1.54) is 12.1 Å². The van der Waals surface area contributed by atoms with Crippen molar-refractivity contribution >= 4 is 23.2 Å². The highest BCUT2D eigenvalue weighted by molar-refractivity contribution is 6.36. The minimum Gasteiger partial charge on any atom is -0.332 e. The smallest absolute Gasteiger partial charge is 0.332 e. The maximum atomic E-state index is 13.8. The SMILES string of the molecule is CC1CCCC(C)N1C(=O)c1nn2c(C(F)(F)F)cc(-c3ccc(F)cc3)nc2c1Cl. The van der Waals surface area contributed by atoms with Crippen LogP contribution in [0.2, 0.25) is 5.02 Å². The molecule has 1 saturated heterocycles. The molecule has 1 amide bonds. The number of carbonyl (C=O) groups is 1. The number of benzene rings is 1. The van der Waals surface area contributed by atoms with Gasteiger partial charge in [-0.1, -0.05) is 11.6 Å². The summed E-state index contributed by atoms with van der Waals surface area (Å²) in [7, 11) is 0. The molecular formula is C21H19ClF4N4O. The van der Waals surface area contributed by atoms with Crippen molar-refractivity contribution in [3.8, 4) is 11.3 Å². The lowest BCUT2D eigenvalue weighted by atomic mass is 9.97. The maximum Gasteiger partial charge on any atom is 0.433 e. The van der Waals surface area contributed by atoms with Gasteiger partial charge in [-0.05, 0) is 63.4 Å². The molecule has 1 aromatic carbocycles. The number of halogens is 5. The third-order valence-electron chi connectivity index (χ3n) is 5.59. The second kappa shape index (κ2) is 7.78. The van der Waals surface area contributed by atoms with Crippen molar-refractivity contribution in [3.63, 3.8) is 0 Å². The van der Waals surface area contributed by atoms with Gasteiger partial charge >= 0.3 is 6.18 Å². The number of amides is 1. The van der Waals surface area contributed by atoms with Crippen LogP contribution in [-0.2, 0) is 6.18 Å². The molecule has 164 valence electrons. The normalized spacial score (nSPS) is 19.8. The third-order valence-corrected chi connectivity index (χ3v) is 5.94. The number of aromatic nitrogens is 3. The molecule has 31 heavy (non-hydrogen) atoms. The molecule has 4 rings (SSSR count). The molecule has 0 aliphatic carbocycles. The lowest BCUT2D eigenvalue weighted by Gasteiger charge is -2.38. The van der Waals surface area contributed by atoms with E-state index >= 15 is 0 Å². The van der Waals surface area contributed by atoms with E-state index < -0.39 is 23.6 Å². The second-order valence-corrected chi connectivity index (χ2v) is 8.15. The largest absolute Gasteiger partial charge is 0.433 e. The first-order valence-corrected chi connectivity index (χ1v) is 10.2. The van der Waals surface area contributed by atoms with Gasteiger partial charge in [-0.25, -0.2) is 13.9 Å². The maximum absolute atomic E-state index is 13.8. The predicted octanol–water partition coefficient (Wildman–Crippen LogP) is 5.61. The van der Waals surface area contributed by atoms with E-state index in [9.17, 15) is 22.4 Å². The van der Waals surface area contributed by atoms with Crippen molar-refractivity contribution in [1.82, 2.24) is 19.5 Å². The number of hydrogen-bond acceptors (Lipinski definition) is 3. The van der Waals surface area contributed by atoms with Crippen molar-refractivity contribution in [2.24, 2.45) is 0 Å². The summed E-state index contributed by atoms with van der Waals surface area (Å²) in [5, 5.41) is 3.68. The van der Waals surface area contributed by atoms with E-state index in [1.54, 1.807) is 4.90 Å². The Balaban J connectivity index is 1.89. The fourth-order valence-corrected chi connectivity index (χ4v) is 4.28. The predicted molar refractivity (Wildman–Crippen MR) is 107 cm³/mol. The Morgan fingerprint density at radius 2 is 1.74 bits per heavy atom. The van der Waals surface area contributed by atoms with Crippen molar-refractivity contribution in [2.75, 3.05) is 0 Å². The lowest BCUT2D eigenvalue weighted by Crippen LogP contribution is -2.47. The monoisotopic (exact) mass is 454 g/mol. The average molecular weight is 455 g/mol. The van der Waals surface area contributed by atoms with Crippen LogP contribution in [0.1, 0.15) is 49.3 Å². The van der Waals surface area contributed by atoms with Gasteiger partial charge in [0, 0.05) is 17.6 Å². The quantitative estimate of drug-likeness (QED) is 0.473. The molecule has 10 heteroatoms. The summed E-state index contributed by atoms with van der Waals surface area (Å²) in [6, 6.07) is 5.54. The molecule has 0 saturated carbocycles. The number of fused-ring (bicyclic) bond motifs is 1. The summed E-state index contributed by atoms with van der Waals surface area (Å²) in [4.78, 5) is 19.0. The summed E-state index contributed by atoms with van der Waals surface area (Å²) in [5.41, 5.74) is -1.45. The Hall–Kier alpha value is -2.68. The summed E-state index contributed by atoms with van der Waals surface area (Å²) >= 11 is 6.35. The topological polar surface area (TPSA) is 50.5 Å². The molecule has 1 aliphatic rings. The van der Waals surface area contributed by atoms with Gasteiger partial charge in [0.1, 0.15) is 10.8 Å². The summed E-state index contributed by atoms with van der Waals surface area (Å²) in [6.07, 6.45) is -2.23. The molecular weight excluding hydrogens is 436 g/mol. The molecule has 0 bridgehead atoms. The Kier molecular flexibility index (Phi) is 5.41. The molecule has 1 aliphatic heterocycles. The zero-order valence-electron chi connectivity index (χ0n) is 16.7. The standard InChI is InChI=1S/C21H19ClF4N4O/c1-11-4-3-5-12(2)29(11)20(31)18-17(22)19-27-15(13-6-8-14(23)9-7-13)10-16(21(24,25)26)30(19)28-18/h6-12H,3-5H2,1-2H3. The van der Waals surface area contributed by atoms with Crippen LogP contribution >= 0.6 is 11.6 Å². The number of likely N-dealkylation sites (tertiary alicyclic amines) is 1. The van der Waals surface area contributed by atoms with Gasteiger partial charge in [-0.3, -0.25) is 4.79 Å². The number of alkyl halides is 3. The summed E-state index contributed by atoms with van der Waals surface area (Å²) in [6.45, 7) is 3.78. The van der Waals surface area contributed by atoms with Gasteiger partial charge in [0.25, 0.3) is 5.91 Å². The minimum atomic E-state index is -4.78. The molecule has 3 aromatic rings. The van der Waals surface area contributed by atoms with Crippen molar-refractivity contribution < 1.29 is 22.4 Å². The number of nitrogens with zero attached hydrogens (tertiary/aromatic N) is 4. The highest BCUT2D eigenvalue weighted by atomic mass is 35.5. The Labute approximate surface area is 180 Å². The molecule has 2 unspecified atom stereocenters. The first-order valence-electron chi connectivity index (χ1n) is 9.83. The van der Waals surface area contributed by atoms with E-state index in [4.69, 9.17) is 11.6 Å². The number of hydrogen-bond donors (Lipinski definition) is 0. The van der Waals surface area contributed by atoms with Crippen LogP contribution in [0.25, 0.3) is 16.9 Å². The third kappa shape index (κ3) is 3.86. The van der Waals surface area contributed by atoms with Crippen molar-refractivity contribution in [2.45, 2.75) is 51.4 Å². The van der Waals surface area contributed by atoms with Gasteiger partial charge < -0.3 is 4.90 Å². The average Bonchev–Trinajstić information content (AvgIpc) is 3.03. The van der Waals surface area contributed by atoms with Gasteiger partial charge in [0.15, 0.2) is 17.0 Å². The van der Waals surface area contributed by atoms with Crippen LogP contribution in [-0.4, -0.2) is 37.5 Å². The van der Waals surface area contributed by atoms with Gasteiger partial charge in [-0.15, -0.1) is 0 Å². The first-order chi connectivity index (χ1) is 14.6. The Morgan fingerprint density at radius 3 is 2.32 bits per heavy atom. The molecule has 0 spiro atoms. The summed E-state index contributed by atoms with van der Waals surface area (Å²) in [5.74, 6) is -1.05. The number of rotatable bonds is 2. The van der Waals surface area contributed by atoms with Crippen molar-refractivity contribution in [3.05, 3.63) is 52.6 Å². The molecule has 1 fully saturated rings. The summed E-state index contributed by atoms with van der Waals surface area (Å²) < 4.78 is 55.2. The van der Waals surface area contributed by atoms with Gasteiger partial charge in [0.05, 0.1) is 5.69 Å². The minimum absolute atomic E-state index is 0.0552. The van der Waals surface area contributed by atoms with Crippen LogP contribution in [0.5, 0.6) is 0 Å². The molecule has 2 aromatic heterocycles. The number of piperidine rings is 1. The molecule has 3 heterocycles. The van der Waals surface area contributed by atoms with Gasteiger partial charge in [-0.2, -0.15) is 18.3 Å². The van der Waals surface area contributed by atoms with Crippen LogP contribution in [0.4, 0.5) is 17.6 Å². The zero-order valence-corrected chi connectivity index (χ0v) is 17.5. The second-order valence-electron chi connectivity index (χ2n) is 7.77. The first kappa shape index (κ1) is 21.5. The van der Waals surface area contributed by atoms with E-state index in [-0.39, 0.29) is 39.7 Å². The highest BCUT2D eigenvalue weighted by Gasteiger charge is 2.38. The van der Waals surface area contributed by atoms with Crippen LogP contribution in [0, 0.1) is 5.82 Å². The van der Waals surface area contributed by atoms with Gasteiger partial charge in [0.2, 0.25) is 0 Å². The molecule has 0 radical (unpaired) electrons. The van der Waals surface area contributed by atoms with Crippen LogP contribution in [0.15, 0.2) is 30.3 Å². The van der Waals surface area contributed by atoms with E-state index in [1.807, 2.05) is 13.8 Å². The van der Waals surface area contributed by atoms with Crippen LogP contribution in [0.3, 0.4) is 0 Å². The fraction of sp³-hybridized carbons (Fsp3) is 0.381. The Morgan fingerprint density at radius 1 is 1.13 bits per heavy atom. The highest BCUT2D eigenvalue weighted by Crippen LogP contribution is 2.35. The zero-order chi connectivity index (χ0) is 22.5. The number of carbonyl (C=O) groups excluding carboxylic acids is 1. The van der Waals surface area contributed by atoms with E-state index in [2.05, 4.69) is 10.1 Å². The Bertz CT molecular complexity index is 1130. The van der Waals surface area contributed by atoms with E-state index in [0.717, 1.165) is 37.5 Å². The fourth-order valence-electron chi connectivity index (χ4n) is 4.04. The molecule has 2 atom stereocenters. The van der Waals surface area contributed by atoms with E-state index in [0.29, 0.717) is 4.52 Å². The lowest BCUT2D eigenvalue weighted by molar-refractivity contribution is -0.142. The molecule has 5 nitrogen and oxygen atoms in total. The van der Waals surface area contributed by atoms with Crippen molar-refractivity contribution in [1.29, 1.82) is 0 Å².